The number of aromatic nitrogens is 1. The number of aliphatic hydroxyl groups is 1. The van der Waals surface area contributed by atoms with Crippen LogP contribution in [-0.2, 0) is 23.0 Å². The Morgan fingerprint density at radius 1 is 1.13 bits per heavy atom. The highest BCUT2D eigenvalue weighted by Gasteiger charge is 2.25. The Labute approximate surface area is 225 Å². The molecular formula is C26H32F2N4O6S. The van der Waals surface area contributed by atoms with Gasteiger partial charge in [-0.2, -0.15) is 4.98 Å². The Hall–Kier alpha value is -3.55. The highest BCUT2D eigenvalue weighted by Crippen LogP contribution is 2.15. The molecule has 2 atom stereocenters. The summed E-state index contributed by atoms with van der Waals surface area (Å²) in [6.07, 6.45) is -0.315. The fraction of sp³-hybridized carbons (Fsp3) is 0.385. The molecule has 0 fully saturated rings. The molecule has 39 heavy (non-hydrogen) atoms. The molecule has 13 heteroatoms. The van der Waals surface area contributed by atoms with Gasteiger partial charge in [-0.3, -0.25) is 4.79 Å². The standard InChI is InChI=1S/C26H32F2N4O6S/c1-16(2)15-39(35,36)32-26-31-23(14-38-26)25(34)30-22(10-18-7-19(27)11-20(28)8-18)24(33)13-29-12-17-5-4-6-21(9-17)37-3/h4-9,11,14,16,22,24,29,33H,10,12-13,15H2,1-3H3,(H,30,34)(H,31,32)/t22-,24-/m0/s1. The first-order valence-corrected chi connectivity index (χ1v) is 13.8. The van der Waals surface area contributed by atoms with Crippen molar-refractivity contribution in [1.82, 2.24) is 15.6 Å². The first-order chi connectivity index (χ1) is 18.4. The monoisotopic (exact) mass is 566 g/mol. The number of benzene rings is 2. The molecule has 0 aliphatic rings. The normalized spacial score (nSPS) is 13.2. The van der Waals surface area contributed by atoms with Gasteiger partial charge in [0.05, 0.1) is 25.0 Å². The summed E-state index contributed by atoms with van der Waals surface area (Å²) < 4.78 is 64.3. The van der Waals surface area contributed by atoms with E-state index in [1.165, 1.54) is 0 Å². The quantitative estimate of drug-likeness (QED) is 0.233. The van der Waals surface area contributed by atoms with Crippen LogP contribution in [0.5, 0.6) is 5.75 Å². The molecule has 212 valence electrons. The summed E-state index contributed by atoms with van der Waals surface area (Å²) in [6.45, 7) is 3.87. The summed E-state index contributed by atoms with van der Waals surface area (Å²) in [6, 6.07) is 8.88. The van der Waals surface area contributed by atoms with E-state index in [0.29, 0.717) is 12.3 Å². The topological polar surface area (TPSA) is 143 Å². The third-order valence-corrected chi connectivity index (χ3v) is 7.10. The van der Waals surface area contributed by atoms with Crippen molar-refractivity contribution in [3.8, 4) is 5.75 Å². The second-order valence-corrected chi connectivity index (χ2v) is 11.2. The van der Waals surface area contributed by atoms with Crippen molar-refractivity contribution in [2.45, 2.75) is 39.0 Å². The number of rotatable bonds is 14. The molecule has 0 saturated carbocycles. The SMILES string of the molecule is COc1cccc(CNC[C@H](O)[C@H](Cc2cc(F)cc(F)c2)NC(=O)c2coc(NS(=O)(=O)CC(C)C)n2)c1. The smallest absolute Gasteiger partial charge is 0.309 e. The Morgan fingerprint density at radius 2 is 1.85 bits per heavy atom. The first kappa shape index (κ1) is 30.0. The van der Waals surface area contributed by atoms with E-state index in [2.05, 4.69) is 20.3 Å². The van der Waals surface area contributed by atoms with Gasteiger partial charge in [0, 0.05) is 19.2 Å². The maximum absolute atomic E-state index is 13.8. The third-order valence-electron chi connectivity index (χ3n) is 5.51. The van der Waals surface area contributed by atoms with E-state index < -0.39 is 39.7 Å². The Bertz CT molecular complexity index is 1350. The lowest BCUT2D eigenvalue weighted by molar-refractivity contribution is 0.0825. The second-order valence-electron chi connectivity index (χ2n) is 9.43. The first-order valence-electron chi connectivity index (χ1n) is 12.2. The fourth-order valence-corrected chi connectivity index (χ4v) is 5.16. The second kappa shape index (κ2) is 13.5. The Balaban J connectivity index is 1.71. The Morgan fingerprint density at radius 3 is 2.51 bits per heavy atom. The van der Waals surface area contributed by atoms with Crippen molar-refractivity contribution in [3.05, 3.63) is 77.2 Å². The number of carbonyl (C=O) groups excluding carboxylic acids is 1. The average Bonchev–Trinajstić information content (AvgIpc) is 3.30. The molecule has 1 amide bonds. The maximum atomic E-state index is 13.8. The molecule has 4 N–H and O–H groups in total. The zero-order valence-electron chi connectivity index (χ0n) is 21.8. The molecule has 0 aliphatic heterocycles. The van der Waals surface area contributed by atoms with Crippen LogP contribution in [0.3, 0.4) is 0 Å². The number of aliphatic hydroxyl groups excluding tert-OH is 1. The summed E-state index contributed by atoms with van der Waals surface area (Å²) in [5, 5.41) is 16.6. The minimum absolute atomic E-state index is 0.0268. The van der Waals surface area contributed by atoms with E-state index >= 15 is 0 Å². The number of oxazole rings is 1. The lowest BCUT2D eigenvalue weighted by Crippen LogP contribution is -2.48. The number of amides is 1. The number of ether oxygens (including phenoxy) is 1. The molecule has 0 saturated heterocycles. The van der Waals surface area contributed by atoms with Gasteiger partial charge in [-0.15, -0.1) is 0 Å². The molecule has 0 spiro atoms. The molecule has 3 rings (SSSR count). The number of anilines is 1. The number of methoxy groups -OCH3 is 1. The molecule has 1 aromatic heterocycles. The summed E-state index contributed by atoms with van der Waals surface area (Å²) >= 11 is 0. The van der Waals surface area contributed by atoms with E-state index in [1.54, 1.807) is 27.0 Å². The lowest BCUT2D eigenvalue weighted by atomic mass is 10.0. The molecule has 2 aromatic carbocycles. The average molecular weight is 567 g/mol. The molecule has 0 aliphatic carbocycles. The highest BCUT2D eigenvalue weighted by atomic mass is 32.2. The number of sulfonamides is 1. The van der Waals surface area contributed by atoms with Crippen molar-refractivity contribution in [2.75, 3.05) is 24.1 Å². The van der Waals surface area contributed by atoms with Crippen LogP contribution in [0, 0.1) is 17.6 Å². The van der Waals surface area contributed by atoms with Crippen molar-refractivity contribution in [2.24, 2.45) is 5.92 Å². The Kier molecular flexibility index (Phi) is 10.4. The molecule has 0 bridgehead atoms. The predicted molar refractivity (Wildman–Crippen MR) is 141 cm³/mol. The summed E-state index contributed by atoms with van der Waals surface area (Å²) in [7, 11) is -2.18. The van der Waals surface area contributed by atoms with Crippen molar-refractivity contribution in [1.29, 1.82) is 0 Å². The van der Waals surface area contributed by atoms with Gasteiger partial charge in [-0.25, -0.2) is 21.9 Å². The zero-order chi connectivity index (χ0) is 28.6. The predicted octanol–water partition coefficient (Wildman–Crippen LogP) is 2.85. The third kappa shape index (κ3) is 9.61. The van der Waals surface area contributed by atoms with Gasteiger partial charge in [-0.1, -0.05) is 26.0 Å². The molecule has 3 aromatic rings. The van der Waals surface area contributed by atoms with E-state index in [4.69, 9.17) is 9.15 Å². The molecule has 10 nitrogen and oxygen atoms in total. The van der Waals surface area contributed by atoms with Crippen LogP contribution in [-0.4, -0.2) is 56.0 Å². The fourth-order valence-electron chi connectivity index (χ4n) is 3.84. The van der Waals surface area contributed by atoms with E-state index in [1.807, 2.05) is 18.2 Å². The van der Waals surface area contributed by atoms with Crippen LogP contribution in [0.4, 0.5) is 14.8 Å². The van der Waals surface area contributed by atoms with Crippen molar-refractivity contribution < 1.29 is 36.3 Å². The van der Waals surface area contributed by atoms with Crippen LogP contribution in [0.2, 0.25) is 0 Å². The van der Waals surface area contributed by atoms with Crippen LogP contribution in [0.1, 0.15) is 35.5 Å². The van der Waals surface area contributed by atoms with Gasteiger partial charge >= 0.3 is 6.01 Å². The van der Waals surface area contributed by atoms with Gasteiger partial charge in [0.2, 0.25) is 10.0 Å². The van der Waals surface area contributed by atoms with Gasteiger partial charge in [0.15, 0.2) is 5.69 Å². The van der Waals surface area contributed by atoms with Crippen LogP contribution in [0.25, 0.3) is 0 Å². The minimum Gasteiger partial charge on any atom is -0.497 e. The number of hydrogen-bond donors (Lipinski definition) is 4. The lowest BCUT2D eigenvalue weighted by Gasteiger charge is -2.24. The number of nitrogens with zero attached hydrogens (tertiary/aromatic N) is 1. The summed E-state index contributed by atoms with van der Waals surface area (Å²) in [5.41, 5.74) is 0.862. The van der Waals surface area contributed by atoms with Gasteiger partial charge in [0.25, 0.3) is 5.91 Å². The number of halogens is 2. The van der Waals surface area contributed by atoms with Gasteiger partial charge < -0.3 is 24.9 Å². The number of hydrogen-bond acceptors (Lipinski definition) is 8. The van der Waals surface area contributed by atoms with Crippen LogP contribution < -0.4 is 20.1 Å². The van der Waals surface area contributed by atoms with E-state index in [9.17, 15) is 27.1 Å². The van der Waals surface area contributed by atoms with Gasteiger partial charge in [0.1, 0.15) is 23.6 Å². The van der Waals surface area contributed by atoms with E-state index in [-0.39, 0.29) is 41.9 Å². The van der Waals surface area contributed by atoms with Crippen molar-refractivity contribution >= 4 is 21.9 Å². The molecule has 1 heterocycles. The van der Waals surface area contributed by atoms with Crippen LogP contribution in [0.15, 0.2) is 53.1 Å². The zero-order valence-corrected chi connectivity index (χ0v) is 22.6. The molecule has 0 radical (unpaired) electrons. The minimum atomic E-state index is -3.73. The van der Waals surface area contributed by atoms with Gasteiger partial charge in [-0.05, 0) is 47.7 Å². The number of nitrogens with one attached hydrogen (secondary N) is 3. The van der Waals surface area contributed by atoms with E-state index in [0.717, 1.165) is 30.0 Å². The summed E-state index contributed by atoms with van der Waals surface area (Å²) in [5.74, 6) is -2.01. The van der Waals surface area contributed by atoms with Crippen molar-refractivity contribution in [3.63, 3.8) is 0 Å². The van der Waals surface area contributed by atoms with Crippen LogP contribution >= 0.6 is 0 Å². The summed E-state index contributed by atoms with van der Waals surface area (Å²) in [4.78, 5) is 16.8. The number of carbonyl (C=O) groups is 1. The molecular weight excluding hydrogens is 534 g/mol. The maximum Gasteiger partial charge on any atom is 0.309 e. The molecule has 0 unspecified atom stereocenters. The largest absolute Gasteiger partial charge is 0.497 e. The highest BCUT2D eigenvalue weighted by molar-refractivity contribution is 7.92.